The molecule has 5 rings (SSSR count). The summed E-state index contributed by atoms with van der Waals surface area (Å²) in [4.78, 5) is 7.34. The van der Waals surface area contributed by atoms with Gasteiger partial charge in [-0.2, -0.15) is 0 Å². The summed E-state index contributed by atoms with van der Waals surface area (Å²) < 4.78 is 2.38. The molecule has 1 fully saturated rings. The summed E-state index contributed by atoms with van der Waals surface area (Å²) in [6.45, 7) is 7.17. The second kappa shape index (κ2) is 8.80. The first-order chi connectivity index (χ1) is 15.5. The number of anilines is 1. The number of aromatic nitrogens is 2. The van der Waals surface area contributed by atoms with E-state index in [0.29, 0.717) is 16.0 Å². The van der Waals surface area contributed by atoms with Crippen LogP contribution in [-0.4, -0.2) is 22.6 Å². The Morgan fingerprint density at radius 1 is 0.938 bits per heavy atom. The number of fused-ring (bicyclic) bond motifs is 1. The van der Waals surface area contributed by atoms with Gasteiger partial charge in [0.2, 0.25) is 0 Å². The zero-order valence-electron chi connectivity index (χ0n) is 18.5. The van der Waals surface area contributed by atoms with Crippen molar-refractivity contribution in [2.45, 2.75) is 39.2 Å². The summed E-state index contributed by atoms with van der Waals surface area (Å²) in [5, 5.41) is 2.46. The Morgan fingerprint density at radius 2 is 1.69 bits per heavy atom. The van der Waals surface area contributed by atoms with E-state index in [2.05, 4.69) is 65.8 Å². The number of benzene rings is 2. The topological polar surface area (TPSA) is 21.1 Å². The quantitative estimate of drug-likeness (QED) is 0.314. The summed E-state index contributed by atoms with van der Waals surface area (Å²) in [6.07, 6.45) is 4.25. The van der Waals surface area contributed by atoms with Crippen LogP contribution in [0, 0.1) is 13.8 Å². The molecule has 0 aliphatic carbocycles. The average molecular weight is 464 g/mol. The minimum atomic E-state index is 0.587. The van der Waals surface area contributed by atoms with E-state index >= 15 is 0 Å². The molecule has 0 N–H and O–H groups in total. The van der Waals surface area contributed by atoms with Gasteiger partial charge in [0.1, 0.15) is 0 Å². The molecular formula is C27H27Cl2N3. The lowest BCUT2D eigenvalue weighted by Gasteiger charge is -2.33. The molecule has 0 amide bonds. The lowest BCUT2D eigenvalue weighted by molar-refractivity contribution is 0.503. The molecule has 0 radical (unpaired) electrons. The fraction of sp³-hybridized carbons (Fsp3) is 0.296. The van der Waals surface area contributed by atoms with Crippen molar-refractivity contribution in [1.82, 2.24) is 9.55 Å². The van der Waals surface area contributed by atoms with E-state index in [9.17, 15) is 0 Å². The number of pyridine rings is 1. The fourth-order valence-electron chi connectivity index (χ4n) is 4.98. The molecule has 0 saturated carbocycles. The molecule has 3 nitrogen and oxygen atoms in total. The summed E-state index contributed by atoms with van der Waals surface area (Å²) in [6, 6.07) is 18.9. The highest BCUT2D eigenvalue weighted by Crippen LogP contribution is 2.36. The van der Waals surface area contributed by atoms with Gasteiger partial charge in [-0.25, -0.2) is 4.98 Å². The van der Waals surface area contributed by atoms with Crippen LogP contribution in [-0.2, 0) is 6.54 Å². The molecule has 1 aliphatic heterocycles. The van der Waals surface area contributed by atoms with Crippen molar-refractivity contribution in [3.8, 4) is 0 Å². The second-order valence-electron chi connectivity index (χ2n) is 8.75. The van der Waals surface area contributed by atoms with Gasteiger partial charge in [-0.3, -0.25) is 0 Å². The largest absolute Gasteiger partial charge is 0.355 e. The van der Waals surface area contributed by atoms with E-state index in [1.165, 1.54) is 27.7 Å². The predicted molar refractivity (Wildman–Crippen MR) is 135 cm³/mol. The minimum Gasteiger partial charge on any atom is -0.355 e. The zero-order chi connectivity index (χ0) is 22.2. The first-order valence-electron chi connectivity index (χ1n) is 11.2. The predicted octanol–water partition coefficient (Wildman–Crippen LogP) is 7.39. The summed E-state index contributed by atoms with van der Waals surface area (Å²) in [5.74, 6) is 1.71. The molecule has 0 bridgehead atoms. The Hall–Kier alpha value is -2.49. The Bertz CT molecular complexity index is 1260. The third kappa shape index (κ3) is 3.89. The molecule has 3 heterocycles. The van der Waals surface area contributed by atoms with Crippen LogP contribution < -0.4 is 4.90 Å². The number of nitrogens with zero attached hydrogens (tertiary/aromatic N) is 3. The van der Waals surface area contributed by atoms with Crippen molar-refractivity contribution in [3.05, 3.63) is 93.2 Å². The molecule has 0 unspecified atom stereocenters. The van der Waals surface area contributed by atoms with Crippen molar-refractivity contribution >= 4 is 39.9 Å². The zero-order valence-corrected chi connectivity index (χ0v) is 20.0. The van der Waals surface area contributed by atoms with Gasteiger partial charge in [-0.1, -0.05) is 59.6 Å². The summed E-state index contributed by atoms with van der Waals surface area (Å²) >= 11 is 12.4. The molecule has 2 aromatic heterocycles. The first-order valence-corrected chi connectivity index (χ1v) is 12.0. The molecule has 1 saturated heterocycles. The highest BCUT2D eigenvalue weighted by atomic mass is 35.5. The average Bonchev–Trinajstić information content (AvgIpc) is 3.07. The highest BCUT2D eigenvalue weighted by molar-refractivity contribution is 6.42. The molecule has 4 aromatic rings. The molecule has 5 heteroatoms. The van der Waals surface area contributed by atoms with Crippen LogP contribution in [0.15, 0.2) is 60.8 Å². The first kappa shape index (κ1) is 21.4. The van der Waals surface area contributed by atoms with Gasteiger partial charge < -0.3 is 9.47 Å². The van der Waals surface area contributed by atoms with Gasteiger partial charge >= 0.3 is 0 Å². The third-order valence-electron chi connectivity index (χ3n) is 6.92. The Kier molecular flexibility index (Phi) is 5.88. The van der Waals surface area contributed by atoms with Gasteiger partial charge in [0.15, 0.2) is 5.82 Å². The fourth-order valence-corrected chi connectivity index (χ4v) is 5.30. The van der Waals surface area contributed by atoms with Gasteiger partial charge in [0, 0.05) is 36.9 Å². The monoisotopic (exact) mass is 463 g/mol. The Morgan fingerprint density at radius 3 is 2.41 bits per heavy atom. The Balaban J connectivity index is 1.49. The maximum absolute atomic E-state index is 6.30. The van der Waals surface area contributed by atoms with E-state index < -0.39 is 0 Å². The molecule has 32 heavy (non-hydrogen) atoms. The van der Waals surface area contributed by atoms with E-state index in [-0.39, 0.29) is 0 Å². The maximum Gasteiger partial charge on any atom is 0.153 e. The third-order valence-corrected chi connectivity index (χ3v) is 7.66. The number of piperidine rings is 1. The number of halogens is 2. The van der Waals surface area contributed by atoms with Gasteiger partial charge in [0.25, 0.3) is 0 Å². The van der Waals surface area contributed by atoms with Gasteiger partial charge in [-0.15, -0.1) is 0 Å². The van der Waals surface area contributed by atoms with Crippen LogP contribution in [0.25, 0.3) is 10.9 Å². The van der Waals surface area contributed by atoms with Crippen LogP contribution in [0.1, 0.15) is 41.1 Å². The molecule has 1 aliphatic rings. The van der Waals surface area contributed by atoms with Crippen molar-refractivity contribution in [3.63, 3.8) is 0 Å². The normalized spacial score (nSPS) is 14.9. The SMILES string of the molecule is Cc1c(C)n(Cc2ccc(Cl)c(Cl)c2)c2c(N3CCC(c4ccccc4)CC3)nccc12. The maximum atomic E-state index is 6.30. The van der Waals surface area contributed by atoms with E-state index in [1.807, 2.05) is 18.3 Å². The van der Waals surface area contributed by atoms with Crippen LogP contribution in [0.3, 0.4) is 0 Å². The minimum absolute atomic E-state index is 0.587. The molecule has 164 valence electrons. The Labute approximate surface area is 199 Å². The number of hydrogen-bond acceptors (Lipinski definition) is 2. The van der Waals surface area contributed by atoms with Crippen molar-refractivity contribution in [2.75, 3.05) is 18.0 Å². The van der Waals surface area contributed by atoms with Gasteiger partial charge in [0.05, 0.1) is 15.6 Å². The lowest BCUT2D eigenvalue weighted by atomic mass is 9.89. The smallest absolute Gasteiger partial charge is 0.153 e. The van der Waals surface area contributed by atoms with E-state index in [4.69, 9.17) is 28.2 Å². The molecular weight excluding hydrogens is 437 g/mol. The second-order valence-corrected chi connectivity index (χ2v) is 9.56. The summed E-state index contributed by atoms with van der Waals surface area (Å²) in [7, 11) is 0. The van der Waals surface area contributed by atoms with Crippen LogP contribution >= 0.6 is 23.2 Å². The number of aryl methyl sites for hydroxylation is 1. The lowest BCUT2D eigenvalue weighted by Crippen LogP contribution is -2.33. The van der Waals surface area contributed by atoms with Crippen LogP contribution in [0.4, 0.5) is 5.82 Å². The van der Waals surface area contributed by atoms with Crippen LogP contribution in [0.2, 0.25) is 10.0 Å². The van der Waals surface area contributed by atoms with Crippen molar-refractivity contribution < 1.29 is 0 Å². The van der Waals surface area contributed by atoms with E-state index in [1.54, 1.807) is 0 Å². The van der Waals surface area contributed by atoms with E-state index in [0.717, 1.165) is 43.9 Å². The van der Waals surface area contributed by atoms with Crippen LogP contribution in [0.5, 0.6) is 0 Å². The molecule has 0 atom stereocenters. The molecule has 0 spiro atoms. The molecule has 2 aromatic carbocycles. The van der Waals surface area contributed by atoms with Gasteiger partial charge in [-0.05, 0) is 67.5 Å². The van der Waals surface area contributed by atoms with Crippen molar-refractivity contribution in [1.29, 1.82) is 0 Å². The standard InChI is InChI=1S/C27H27Cl2N3/c1-18-19(2)32(17-20-8-9-24(28)25(29)16-20)26-23(18)10-13-30-27(26)31-14-11-22(12-15-31)21-6-4-3-5-7-21/h3-10,13,16,22H,11-12,14-15,17H2,1-2H3. The summed E-state index contributed by atoms with van der Waals surface area (Å²) in [5.41, 5.74) is 6.37. The number of rotatable bonds is 4. The highest BCUT2D eigenvalue weighted by Gasteiger charge is 2.25. The van der Waals surface area contributed by atoms with Crippen molar-refractivity contribution in [2.24, 2.45) is 0 Å². The number of hydrogen-bond donors (Lipinski definition) is 0.